The predicted molar refractivity (Wildman–Crippen MR) is 90.5 cm³/mol. The summed E-state index contributed by atoms with van der Waals surface area (Å²) in [6, 6.07) is 10.8. The Balaban J connectivity index is 1.51. The van der Waals surface area contributed by atoms with E-state index < -0.39 is 0 Å². The Labute approximate surface area is 130 Å². The topological polar surface area (TPSA) is 32.5 Å². The molecule has 1 aromatic rings. The molecule has 1 aliphatic heterocycles. The molecule has 2 N–H and O–H groups in total. The predicted octanol–water partition coefficient (Wildman–Crippen LogP) is 2.37. The Bertz CT molecular complexity index is 358. The summed E-state index contributed by atoms with van der Waals surface area (Å²) >= 11 is 0. The van der Waals surface area contributed by atoms with Crippen LogP contribution in [0.25, 0.3) is 0 Å². The summed E-state index contributed by atoms with van der Waals surface area (Å²) in [6.45, 7) is 8.30. The zero-order chi connectivity index (χ0) is 14.8. The highest BCUT2D eigenvalue weighted by Gasteiger charge is 2.15. The molecule has 2 rings (SSSR count). The van der Waals surface area contributed by atoms with Crippen molar-refractivity contribution in [2.75, 3.05) is 45.8 Å². The third kappa shape index (κ3) is 6.60. The number of rotatable bonds is 9. The summed E-state index contributed by atoms with van der Waals surface area (Å²) in [5, 5.41) is 0. The van der Waals surface area contributed by atoms with Crippen molar-refractivity contribution in [1.82, 2.24) is 9.80 Å². The van der Waals surface area contributed by atoms with Crippen LogP contribution >= 0.6 is 0 Å². The number of nitrogens with two attached hydrogens (primary N) is 1. The first-order chi connectivity index (χ1) is 10.4. The van der Waals surface area contributed by atoms with Crippen LogP contribution in [0.3, 0.4) is 0 Å². The monoisotopic (exact) mass is 289 g/mol. The molecule has 1 heterocycles. The van der Waals surface area contributed by atoms with Crippen LogP contribution in [0, 0.1) is 0 Å². The van der Waals surface area contributed by atoms with Gasteiger partial charge in [0.25, 0.3) is 0 Å². The van der Waals surface area contributed by atoms with Crippen LogP contribution in [0.1, 0.15) is 31.2 Å². The molecule has 0 saturated carbocycles. The van der Waals surface area contributed by atoms with Gasteiger partial charge in [-0.1, -0.05) is 30.3 Å². The second-order valence-electron chi connectivity index (χ2n) is 6.12. The van der Waals surface area contributed by atoms with Crippen molar-refractivity contribution < 1.29 is 0 Å². The molecule has 0 bridgehead atoms. The van der Waals surface area contributed by atoms with E-state index in [0.717, 1.165) is 6.54 Å². The van der Waals surface area contributed by atoms with Gasteiger partial charge in [0, 0.05) is 26.2 Å². The second kappa shape index (κ2) is 9.93. The number of benzene rings is 1. The minimum absolute atomic E-state index is 0.835. The number of hydrogen-bond donors (Lipinski definition) is 1. The average Bonchev–Trinajstić information content (AvgIpc) is 2.54. The molecule has 1 fully saturated rings. The van der Waals surface area contributed by atoms with E-state index in [1.54, 1.807) is 0 Å². The van der Waals surface area contributed by atoms with Gasteiger partial charge in [-0.25, -0.2) is 0 Å². The highest BCUT2D eigenvalue weighted by molar-refractivity contribution is 5.14. The number of hydrogen-bond acceptors (Lipinski definition) is 3. The fourth-order valence-corrected chi connectivity index (χ4v) is 3.03. The summed E-state index contributed by atoms with van der Waals surface area (Å²) in [6.07, 6.45) is 6.27. The molecule has 1 aromatic carbocycles. The molecule has 0 atom stereocenters. The largest absolute Gasteiger partial charge is 0.330 e. The Morgan fingerprint density at radius 1 is 0.762 bits per heavy atom. The molecule has 0 aliphatic carbocycles. The maximum Gasteiger partial charge on any atom is 0.0110 e. The molecule has 1 saturated heterocycles. The maximum absolute atomic E-state index is 5.55. The highest BCUT2D eigenvalue weighted by Crippen LogP contribution is 2.08. The van der Waals surface area contributed by atoms with Crippen LogP contribution in [0.15, 0.2) is 30.3 Å². The van der Waals surface area contributed by atoms with Gasteiger partial charge in [0.2, 0.25) is 0 Å². The maximum atomic E-state index is 5.55. The molecular weight excluding hydrogens is 258 g/mol. The zero-order valence-corrected chi connectivity index (χ0v) is 13.3. The summed E-state index contributed by atoms with van der Waals surface area (Å²) < 4.78 is 0. The third-order valence-corrected chi connectivity index (χ3v) is 4.43. The lowest BCUT2D eigenvalue weighted by atomic mass is 10.1. The molecule has 0 unspecified atom stereocenters. The van der Waals surface area contributed by atoms with Gasteiger partial charge < -0.3 is 15.5 Å². The molecule has 3 nitrogen and oxygen atoms in total. The molecule has 0 aromatic heterocycles. The summed E-state index contributed by atoms with van der Waals surface area (Å²) in [5.74, 6) is 0. The number of piperazine rings is 1. The summed E-state index contributed by atoms with van der Waals surface area (Å²) in [4.78, 5) is 5.22. The van der Waals surface area contributed by atoms with Crippen molar-refractivity contribution in [3.05, 3.63) is 35.9 Å². The first kappa shape index (κ1) is 16.5. The zero-order valence-electron chi connectivity index (χ0n) is 13.3. The minimum atomic E-state index is 0.835. The van der Waals surface area contributed by atoms with Gasteiger partial charge in [0.05, 0.1) is 0 Å². The van der Waals surface area contributed by atoms with Crippen molar-refractivity contribution in [2.45, 2.75) is 32.1 Å². The van der Waals surface area contributed by atoms with Gasteiger partial charge in [-0.2, -0.15) is 0 Å². The first-order valence-electron chi connectivity index (χ1n) is 8.57. The number of nitrogens with zero attached hydrogens (tertiary/aromatic N) is 2. The average molecular weight is 289 g/mol. The van der Waals surface area contributed by atoms with Gasteiger partial charge in [0.1, 0.15) is 0 Å². The van der Waals surface area contributed by atoms with Gasteiger partial charge in [-0.05, 0) is 57.3 Å². The Morgan fingerprint density at radius 3 is 1.90 bits per heavy atom. The number of unbranched alkanes of at least 4 members (excludes halogenated alkanes) is 2. The van der Waals surface area contributed by atoms with Gasteiger partial charge >= 0.3 is 0 Å². The number of aryl methyl sites for hydroxylation is 1. The Hall–Kier alpha value is -0.900. The fraction of sp³-hybridized carbons (Fsp3) is 0.667. The second-order valence-corrected chi connectivity index (χ2v) is 6.12. The molecule has 0 amide bonds. The standard InChI is InChI=1S/C18H31N3/c19-11-5-7-13-21-16-14-20(15-17-21)12-6-4-10-18-8-2-1-3-9-18/h1-3,8-9H,4-7,10-17,19H2. The van der Waals surface area contributed by atoms with E-state index in [4.69, 9.17) is 5.73 Å². The van der Waals surface area contributed by atoms with E-state index in [1.807, 2.05) is 0 Å². The SMILES string of the molecule is NCCCCN1CCN(CCCCc2ccccc2)CC1. The van der Waals surface area contributed by atoms with E-state index in [9.17, 15) is 0 Å². The lowest BCUT2D eigenvalue weighted by Crippen LogP contribution is -2.46. The van der Waals surface area contributed by atoms with Crippen molar-refractivity contribution in [1.29, 1.82) is 0 Å². The fourth-order valence-electron chi connectivity index (χ4n) is 3.03. The molecule has 3 heteroatoms. The van der Waals surface area contributed by atoms with Crippen molar-refractivity contribution in [3.63, 3.8) is 0 Å². The van der Waals surface area contributed by atoms with E-state index in [-0.39, 0.29) is 0 Å². The highest BCUT2D eigenvalue weighted by atomic mass is 15.3. The van der Waals surface area contributed by atoms with Crippen LogP contribution in [0.2, 0.25) is 0 Å². The van der Waals surface area contributed by atoms with Crippen LogP contribution in [-0.4, -0.2) is 55.6 Å². The minimum Gasteiger partial charge on any atom is -0.330 e. The molecule has 1 aliphatic rings. The Morgan fingerprint density at radius 2 is 1.33 bits per heavy atom. The summed E-state index contributed by atoms with van der Waals surface area (Å²) in [7, 11) is 0. The van der Waals surface area contributed by atoms with E-state index in [0.29, 0.717) is 0 Å². The van der Waals surface area contributed by atoms with Gasteiger partial charge in [-0.15, -0.1) is 0 Å². The van der Waals surface area contributed by atoms with E-state index in [1.165, 1.54) is 76.9 Å². The van der Waals surface area contributed by atoms with Crippen molar-refractivity contribution >= 4 is 0 Å². The van der Waals surface area contributed by atoms with Crippen LogP contribution < -0.4 is 5.73 Å². The van der Waals surface area contributed by atoms with Gasteiger partial charge in [0.15, 0.2) is 0 Å². The van der Waals surface area contributed by atoms with Gasteiger partial charge in [-0.3, -0.25) is 0 Å². The normalized spacial score (nSPS) is 17.2. The lowest BCUT2D eigenvalue weighted by molar-refractivity contribution is 0.129. The van der Waals surface area contributed by atoms with Crippen LogP contribution in [0.4, 0.5) is 0 Å². The third-order valence-electron chi connectivity index (χ3n) is 4.43. The Kier molecular flexibility index (Phi) is 7.79. The van der Waals surface area contributed by atoms with Crippen LogP contribution in [0.5, 0.6) is 0 Å². The smallest absolute Gasteiger partial charge is 0.0110 e. The van der Waals surface area contributed by atoms with E-state index >= 15 is 0 Å². The lowest BCUT2D eigenvalue weighted by Gasteiger charge is -2.34. The molecule has 0 radical (unpaired) electrons. The van der Waals surface area contributed by atoms with E-state index in [2.05, 4.69) is 40.1 Å². The molecule has 0 spiro atoms. The molecular formula is C18H31N3. The van der Waals surface area contributed by atoms with Crippen molar-refractivity contribution in [2.24, 2.45) is 5.73 Å². The quantitative estimate of drug-likeness (QED) is 0.708. The van der Waals surface area contributed by atoms with Crippen LogP contribution in [-0.2, 0) is 6.42 Å². The summed E-state index contributed by atoms with van der Waals surface area (Å²) in [5.41, 5.74) is 7.02. The first-order valence-corrected chi connectivity index (χ1v) is 8.57. The molecule has 21 heavy (non-hydrogen) atoms. The van der Waals surface area contributed by atoms with Crippen molar-refractivity contribution in [3.8, 4) is 0 Å². The molecule has 118 valence electrons.